The molecule has 78 valence electrons. The van der Waals surface area contributed by atoms with Crippen LogP contribution in [0.1, 0.15) is 12.8 Å². The maximum Gasteiger partial charge on any atom is 0.339 e. The lowest BCUT2D eigenvalue weighted by Crippen LogP contribution is -2.53. The van der Waals surface area contributed by atoms with Gasteiger partial charge in [-0.05, 0) is 0 Å². The molecule has 0 aliphatic carbocycles. The number of hydrogen-bond donors (Lipinski definition) is 1. The zero-order valence-electron chi connectivity index (χ0n) is 7.69. The standard InChI is InChI=1S/C9H12O5/c1-2-4-13-8(12)9(3-5-14-9)6-7(10)11/h2H,1,3-6H2,(H,10,11). The minimum atomic E-state index is -1.26. The fourth-order valence-corrected chi connectivity index (χ4v) is 1.23. The molecule has 5 heteroatoms. The number of hydrogen-bond acceptors (Lipinski definition) is 4. The first-order chi connectivity index (χ1) is 6.60. The molecule has 1 aliphatic rings. The average Bonchev–Trinajstić information content (AvgIpc) is 2.07. The van der Waals surface area contributed by atoms with Crippen LogP contribution in [-0.4, -0.2) is 35.9 Å². The zero-order valence-corrected chi connectivity index (χ0v) is 7.69. The van der Waals surface area contributed by atoms with Gasteiger partial charge in [0.1, 0.15) is 6.61 Å². The predicted octanol–water partition coefficient (Wildman–Crippen LogP) is 0.349. The van der Waals surface area contributed by atoms with Gasteiger partial charge in [-0.2, -0.15) is 0 Å². The minimum Gasteiger partial charge on any atom is -0.481 e. The molecule has 1 fully saturated rings. The van der Waals surface area contributed by atoms with Crippen molar-refractivity contribution in [3.05, 3.63) is 12.7 Å². The molecule has 0 bridgehead atoms. The van der Waals surface area contributed by atoms with Gasteiger partial charge in [0.15, 0.2) is 5.60 Å². The highest BCUT2D eigenvalue weighted by Gasteiger charge is 2.49. The number of carbonyl (C=O) groups is 2. The van der Waals surface area contributed by atoms with Crippen molar-refractivity contribution in [3.63, 3.8) is 0 Å². The molecule has 0 amide bonds. The van der Waals surface area contributed by atoms with Crippen LogP contribution in [0.15, 0.2) is 12.7 Å². The van der Waals surface area contributed by atoms with Crippen molar-refractivity contribution in [2.24, 2.45) is 0 Å². The van der Waals surface area contributed by atoms with Gasteiger partial charge >= 0.3 is 11.9 Å². The molecule has 0 radical (unpaired) electrons. The Kier molecular flexibility index (Phi) is 3.24. The molecule has 0 aromatic carbocycles. The van der Waals surface area contributed by atoms with Crippen molar-refractivity contribution in [1.82, 2.24) is 0 Å². The molecule has 0 spiro atoms. The van der Waals surface area contributed by atoms with Crippen LogP contribution in [0.3, 0.4) is 0 Å². The van der Waals surface area contributed by atoms with Crippen molar-refractivity contribution in [1.29, 1.82) is 0 Å². The lowest BCUT2D eigenvalue weighted by atomic mass is 9.91. The van der Waals surface area contributed by atoms with Crippen LogP contribution in [0.5, 0.6) is 0 Å². The summed E-state index contributed by atoms with van der Waals surface area (Å²) in [5.74, 6) is -1.69. The summed E-state index contributed by atoms with van der Waals surface area (Å²) in [6.45, 7) is 3.86. The van der Waals surface area contributed by atoms with Crippen LogP contribution in [0, 0.1) is 0 Å². The summed E-state index contributed by atoms with van der Waals surface area (Å²) in [5.41, 5.74) is -1.26. The van der Waals surface area contributed by atoms with E-state index in [-0.39, 0.29) is 13.0 Å². The molecule has 0 saturated carbocycles. The summed E-state index contributed by atoms with van der Waals surface area (Å²) < 4.78 is 9.75. The first-order valence-electron chi connectivity index (χ1n) is 4.24. The molecule has 0 aromatic heterocycles. The molecule has 1 unspecified atom stereocenters. The molecule has 14 heavy (non-hydrogen) atoms. The molecule has 0 aromatic rings. The summed E-state index contributed by atoms with van der Waals surface area (Å²) in [6, 6.07) is 0. The van der Waals surface area contributed by atoms with Crippen molar-refractivity contribution < 1.29 is 24.2 Å². The van der Waals surface area contributed by atoms with Crippen LogP contribution < -0.4 is 0 Å². The van der Waals surface area contributed by atoms with Gasteiger partial charge in [-0.25, -0.2) is 4.79 Å². The lowest BCUT2D eigenvalue weighted by molar-refractivity contribution is -0.204. The van der Waals surface area contributed by atoms with Crippen molar-refractivity contribution >= 4 is 11.9 Å². The quantitative estimate of drug-likeness (QED) is 0.512. The Morgan fingerprint density at radius 2 is 2.29 bits per heavy atom. The Morgan fingerprint density at radius 3 is 2.64 bits per heavy atom. The number of esters is 1. The fraction of sp³-hybridized carbons (Fsp3) is 0.556. The monoisotopic (exact) mass is 200 g/mol. The molecule has 1 N–H and O–H groups in total. The first kappa shape index (κ1) is 10.7. The third-order valence-electron chi connectivity index (χ3n) is 2.03. The lowest BCUT2D eigenvalue weighted by Gasteiger charge is -2.37. The van der Waals surface area contributed by atoms with E-state index < -0.39 is 17.5 Å². The Balaban J connectivity index is 2.55. The zero-order chi connectivity index (χ0) is 10.6. The molecule has 1 rings (SSSR count). The molecule has 1 heterocycles. The van der Waals surface area contributed by atoms with Crippen molar-refractivity contribution in [3.8, 4) is 0 Å². The van der Waals surface area contributed by atoms with Crippen LogP contribution in [0.2, 0.25) is 0 Å². The molecule has 1 aliphatic heterocycles. The number of carbonyl (C=O) groups excluding carboxylic acids is 1. The Labute approximate surface area is 81.3 Å². The summed E-state index contributed by atoms with van der Waals surface area (Å²) in [4.78, 5) is 21.9. The van der Waals surface area contributed by atoms with Gasteiger partial charge in [-0.15, -0.1) is 0 Å². The third-order valence-corrected chi connectivity index (χ3v) is 2.03. The fourth-order valence-electron chi connectivity index (χ4n) is 1.23. The van der Waals surface area contributed by atoms with Gasteiger partial charge in [-0.1, -0.05) is 12.7 Å². The van der Waals surface area contributed by atoms with E-state index in [9.17, 15) is 9.59 Å². The number of ether oxygens (including phenoxy) is 2. The third kappa shape index (κ3) is 2.11. The second-order valence-electron chi connectivity index (χ2n) is 3.05. The number of rotatable bonds is 5. The van der Waals surface area contributed by atoms with E-state index in [0.29, 0.717) is 13.0 Å². The van der Waals surface area contributed by atoms with E-state index >= 15 is 0 Å². The average molecular weight is 200 g/mol. The second kappa shape index (κ2) is 4.23. The molecular weight excluding hydrogens is 188 g/mol. The number of carboxylic acids is 1. The molecule has 1 atom stereocenters. The van der Waals surface area contributed by atoms with E-state index in [1.54, 1.807) is 0 Å². The Bertz CT molecular complexity index is 254. The first-order valence-corrected chi connectivity index (χ1v) is 4.24. The highest BCUT2D eigenvalue weighted by molar-refractivity contribution is 5.86. The van der Waals surface area contributed by atoms with Crippen LogP contribution in [-0.2, 0) is 19.1 Å². The largest absolute Gasteiger partial charge is 0.481 e. The van der Waals surface area contributed by atoms with E-state index in [1.807, 2.05) is 0 Å². The van der Waals surface area contributed by atoms with Gasteiger partial charge in [0.25, 0.3) is 0 Å². The van der Waals surface area contributed by atoms with Crippen LogP contribution in [0.4, 0.5) is 0 Å². The van der Waals surface area contributed by atoms with Crippen molar-refractivity contribution in [2.45, 2.75) is 18.4 Å². The summed E-state index contributed by atoms with van der Waals surface area (Å²) in [5, 5.41) is 8.58. The number of carboxylic acid groups (broad SMARTS) is 1. The minimum absolute atomic E-state index is 0.0730. The van der Waals surface area contributed by atoms with Crippen LogP contribution >= 0.6 is 0 Å². The van der Waals surface area contributed by atoms with E-state index in [4.69, 9.17) is 14.6 Å². The Hall–Kier alpha value is -1.36. The van der Waals surface area contributed by atoms with Gasteiger partial charge in [0.2, 0.25) is 0 Å². The summed E-state index contributed by atoms with van der Waals surface area (Å²) in [6.07, 6.45) is 1.48. The van der Waals surface area contributed by atoms with Gasteiger partial charge in [0.05, 0.1) is 13.0 Å². The van der Waals surface area contributed by atoms with Gasteiger partial charge in [-0.3, -0.25) is 4.79 Å². The van der Waals surface area contributed by atoms with Crippen molar-refractivity contribution in [2.75, 3.05) is 13.2 Å². The smallest absolute Gasteiger partial charge is 0.339 e. The van der Waals surface area contributed by atoms with E-state index in [1.165, 1.54) is 6.08 Å². The highest BCUT2D eigenvalue weighted by atomic mass is 16.6. The molecule has 1 saturated heterocycles. The van der Waals surface area contributed by atoms with E-state index in [2.05, 4.69) is 6.58 Å². The summed E-state index contributed by atoms with van der Waals surface area (Å²) in [7, 11) is 0. The van der Waals surface area contributed by atoms with Gasteiger partial charge in [0, 0.05) is 6.42 Å². The Morgan fingerprint density at radius 1 is 1.64 bits per heavy atom. The predicted molar refractivity (Wildman–Crippen MR) is 46.7 cm³/mol. The van der Waals surface area contributed by atoms with Crippen LogP contribution in [0.25, 0.3) is 0 Å². The molecular formula is C9H12O5. The van der Waals surface area contributed by atoms with Gasteiger partial charge < -0.3 is 14.6 Å². The summed E-state index contributed by atoms with van der Waals surface area (Å²) >= 11 is 0. The highest BCUT2D eigenvalue weighted by Crippen LogP contribution is 2.31. The maximum atomic E-state index is 11.4. The second-order valence-corrected chi connectivity index (χ2v) is 3.05. The maximum absolute atomic E-state index is 11.4. The normalized spacial score (nSPS) is 24.9. The topological polar surface area (TPSA) is 72.8 Å². The SMILES string of the molecule is C=CCOC(=O)C1(CC(=O)O)CCO1. The number of aliphatic carboxylic acids is 1. The molecule has 5 nitrogen and oxygen atoms in total. The van der Waals surface area contributed by atoms with E-state index in [0.717, 1.165) is 0 Å².